The second-order valence-corrected chi connectivity index (χ2v) is 1.64. The van der Waals surface area contributed by atoms with Crippen molar-refractivity contribution in [3.05, 3.63) is 9.40 Å². The van der Waals surface area contributed by atoms with Crippen molar-refractivity contribution in [3.63, 3.8) is 0 Å². The van der Waals surface area contributed by atoms with E-state index in [9.17, 15) is 0 Å². The Labute approximate surface area is 50.7 Å². The Hall–Kier alpha value is 0.740. The van der Waals surface area contributed by atoms with Crippen LogP contribution in [0.1, 0.15) is 13.3 Å². The minimum atomic E-state index is 1.20. The van der Waals surface area contributed by atoms with Gasteiger partial charge in [0.15, 0.2) is 0 Å². The molecule has 0 aromatic carbocycles. The Morgan fingerprint density at radius 2 is 2.40 bits per heavy atom. The van der Waals surface area contributed by atoms with Crippen molar-refractivity contribution < 1.29 is 0 Å². The molecule has 0 bridgehead atoms. The molecule has 0 radical (unpaired) electrons. The molecular weight excluding hydrogens is 71.0 g/mol. The van der Waals surface area contributed by atoms with Gasteiger partial charge in [0.2, 0.25) is 0 Å². The van der Waals surface area contributed by atoms with Crippen molar-refractivity contribution >= 4 is 27.9 Å². The molecule has 24 valence electrons. The molecule has 0 rings (SSSR count). The van der Waals surface area contributed by atoms with Gasteiger partial charge in [0.05, 0.1) is 0 Å². The summed E-state index contributed by atoms with van der Waals surface area (Å²) in [5, 5.41) is 0. The summed E-state index contributed by atoms with van der Waals surface area (Å²) in [4.78, 5) is 0. The standard InChI is InChI=1S/C4H7.Na/c1-3-4-2;/h1,3H,4H2,2H3;. The first-order valence-electron chi connectivity index (χ1n) is 2.03. The van der Waals surface area contributed by atoms with Gasteiger partial charge in [-0.1, -0.05) is 0 Å². The van der Waals surface area contributed by atoms with Gasteiger partial charge in [-0.25, -0.2) is 0 Å². The van der Waals surface area contributed by atoms with E-state index < -0.39 is 0 Å². The monoisotopic (exact) mass is 78.0 g/mol. The van der Waals surface area contributed by atoms with Crippen LogP contribution in [-0.4, -0.2) is 27.9 Å². The van der Waals surface area contributed by atoms with Crippen LogP contribution in [0.4, 0.5) is 0 Å². The Kier molecular flexibility index (Phi) is 5.44. The van der Waals surface area contributed by atoms with Gasteiger partial charge in [0.25, 0.3) is 0 Å². The zero-order chi connectivity index (χ0) is 4.12. The Balaban J connectivity index is 2.62. The summed E-state index contributed by atoms with van der Waals surface area (Å²) in [6, 6.07) is 0. The molecule has 0 aromatic rings. The Bertz CT molecular complexity index is 30.6. The molecule has 0 fully saturated rings. The van der Waals surface area contributed by atoms with Gasteiger partial charge in [0, 0.05) is 0 Å². The van der Waals surface area contributed by atoms with Gasteiger partial charge in [0.1, 0.15) is 0 Å². The third-order valence-electron chi connectivity index (χ3n) is 0.471. The summed E-state index contributed by atoms with van der Waals surface area (Å²) in [6.45, 7) is 2.15. The summed E-state index contributed by atoms with van der Waals surface area (Å²) in [5.41, 5.74) is 0. The molecule has 0 saturated heterocycles. The van der Waals surface area contributed by atoms with Crippen molar-refractivity contribution in [1.82, 2.24) is 0 Å². The van der Waals surface area contributed by atoms with Crippen LogP contribution < -0.4 is 0 Å². The summed E-state index contributed by atoms with van der Waals surface area (Å²) in [7, 11) is 0. The van der Waals surface area contributed by atoms with Gasteiger partial charge in [-0.05, 0) is 0 Å². The van der Waals surface area contributed by atoms with Crippen molar-refractivity contribution in [2.45, 2.75) is 13.3 Å². The van der Waals surface area contributed by atoms with Crippen LogP contribution in [0.2, 0.25) is 0 Å². The number of rotatable bonds is 1. The second-order valence-electron chi connectivity index (χ2n) is 0.977. The molecule has 0 N–H and O–H groups in total. The van der Waals surface area contributed by atoms with E-state index in [1.807, 2.05) is 0 Å². The molecule has 0 aliphatic rings. The van der Waals surface area contributed by atoms with Crippen molar-refractivity contribution in [2.75, 3.05) is 0 Å². The van der Waals surface area contributed by atoms with Crippen molar-refractivity contribution in [2.24, 2.45) is 0 Å². The van der Waals surface area contributed by atoms with Gasteiger partial charge in [-0.3, -0.25) is 0 Å². The van der Waals surface area contributed by atoms with Crippen LogP contribution in [0.15, 0.2) is 9.40 Å². The first-order chi connectivity index (χ1) is 2.41. The van der Waals surface area contributed by atoms with E-state index in [0.29, 0.717) is 0 Å². The van der Waals surface area contributed by atoms with Crippen LogP contribution in [0.3, 0.4) is 0 Å². The van der Waals surface area contributed by atoms with Gasteiger partial charge in [-0.15, -0.1) is 0 Å². The van der Waals surface area contributed by atoms with Crippen LogP contribution in [0, 0.1) is 0 Å². The SMILES string of the molecule is CC/C=[CH]/[Na]. The third-order valence-corrected chi connectivity index (χ3v) is 0.943. The molecule has 0 aromatic heterocycles. The molecule has 0 saturated carbocycles. The molecule has 0 atom stereocenters. The Morgan fingerprint density at radius 1 is 1.80 bits per heavy atom. The summed E-state index contributed by atoms with van der Waals surface area (Å²) in [6.07, 6.45) is 3.38. The second kappa shape index (κ2) is 4.74. The topological polar surface area (TPSA) is 0 Å². The summed E-state index contributed by atoms with van der Waals surface area (Å²) in [5.74, 6) is 0. The van der Waals surface area contributed by atoms with E-state index >= 15 is 0 Å². The van der Waals surface area contributed by atoms with E-state index in [2.05, 4.69) is 16.3 Å². The van der Waals surface area contributed by atoms with Gasteiger partial charge < -0.3 is 0 Å². The van der Waals surface area contributed by atoms with Crippen LogP contribution in [0.5, 0.6) is 0 Å². The zero-order valence-corrected chi connectivity index (χ0v) is 5.86. The molecule has 0 spiro atoms. The number of allylic oxidation sites excluding steroid dienone is 1. The fraction of sp³-hybridized carbons (Fsp3) is 0.500. The maximum absolute atomic E-state index is 2.19. The van der Waals surface area contributed by atoms with Crippen molar-refractivity contribution in [1.29, 1.82) is 0 Å². The summed E-state index contributed by atoms with van der Waals surface area (Å²) < 4.78 is 2.19. The molecule has 0 nitrogen and oxygen atoms in total. The van der Waals surface area contributed by atoms with Gasteiger partial charge in [-0.2, -0.15) is 0 Å². The molecule has 0 aliphatic heterocycles. The predicted molar refractivity (Wildman–Crippen MR) is 25.2 cm³/mol. The van der Waals surface area contributed by atoms with E-state index in [1.165, 1.54) is 34.4 Å². The molecule has 5 heavy (non-hydrogen) atoms. The van der Waals surface area contributed by atoms with E-state index in [-0.39, 0.29) is 0 Å². The fourth-order valence-electron chi connectivity index (χ4n) is 0.236. The maximum atomic E-state index is 2.19. The predicted octanol–water partition coefficient (Wildman–Crippen LogP) is 1.08. The van der Waals surface area contributed by atoms with E-state index in [1.54, 1.807) is 0 Å². The quantitative estimate of drug-likeness (QED) is 0.412. The molecule has 0 amide bonds. The van der Waals surface area contributed by atoms with Crippen molar-refractivity contribution in [3.8, 4) is 0 Å². The van der Waals surface area contributed by atoms with Crippen LogP contribution in [0.25, 0.3) is 0 Å². The van der Waals surface area contributed by atoms with Crippen LogP contribution >= 0.6 is 0 Å². The third kappa shape index (κ3) is 4.74. The fourth-order valence-corrected chi connectivity index (χ4v) is 0.707. The van der Waals surface area contributed by atoms with E-state index in [0.717, 1.165) is 0 Å². The Morgan fingerprint density at radius 3 is 2.40 bits per heavy atom. The number of hydrogen-bond acceptors (Lipinski definition) is 0. The zero-order valence-electron chi connectivity index (χ0n) is 3.86. The van der Waals surface area contributed by atoms with Crippen LogP contribution in [-0.2, 0) is 0 Å². The molecule has 0 unspecified atom stereocenters. The average molecular weight is 78.1 g/mol. The number of hydrogen-bond donors (Lipinski definition) is 0. The van der Waals surface area contributed by atoms with Gasteiger partial charge >= 0.3 is 50.7 Å². The normalized spacial score (nSPS) is 10.2. The first-order valence-corrected chi connectivity index (χ1v) is 3.18. The summed E-state index contributed by atoms with van der Waals surface area (Å²) >= 11 is 1.22. The minimum absolute atomic E-state index is 1.20. The molecule has 1 heteroatoms. The molecule has 0 aliphatic carbocycles. The average Bonchev–Trinajstić information content (AvgIpc) is 1.41. The molecular formula is C4H7Na. The van der Waals surface area contributed by atoms with E-state index in [4.69, 9.17) is 0 Å². The first kappa shape index (κ1) is 5.74. The molecule has 0 heterocycles.